The number of benzene rings is 2. The minimum Gasteiger partial charge on any atom is -0.459 e. The second-order valence-electron chi connectivity index (χ2n) is 5.76. The van der Waals surface area contributed by atoms with Gasteiger partial charge < -0.3 is 24.4 Å². The van der Waals surface area contributed by atoms with Gasteiger partial charge >= 0.3 is 11.9 Å². The maximum absolute atomic E-state index is 12.2. The highest BCUT2D eigenvalue weighted by molar-refractivity contribution is 5.90. The normalized spacial score (nSPS) is 24.8. The zero-order valence-corrected chi connectivity index (χ0v) is 13.7. The molecule has 0 radical (unpaired) electrons. The van der Waals surface area contributed by atoms with Crippen LogP contribution >= 0.6 is 0 Å². The average Bonchev–Trinajstić information content (AvgIpc) is 2.95. The Hall–Kier alpha value is -2.74. The molecule has 1 heterocycles. The van der Waals surface area contributed by atoms with E-state index in [1.807, 2.05) is 0 Å². The van der Waals surface area contributed by atoms with Crippen molar-refractivity contribution >= 4 is 11.9 Å². The summed E-state index contributed by atoms with van der Waals surface area (Å²) >= 11 is 0. The summed E-state index contributed by atoms with van der Waals surface area (Å²) in [5.41, 5.74) is 0.644. The molecule has 1 saturated heterocycles. The molecule has 2 N–H and O–H groups in total. The molecule has 3 rings (SSSR count). The molecular weight excluding hydrogens is 340 g/mol. The molecule has 0 amide bonds. The summed E-state index contributed by atoms with van der Waals surface area (Å²) in [6, 6.07) is 16.6. The van der Waals surface area contributed by atoms with E-state index in [4.69, 9.17) is 14.2 Å². The number of hydrogen-bond acceptors (Lipinski definition) is 7. The summed E-state index contributed by atoms with van der Waals surface area (Å²) in [4.78, 5) is 24.2. The van der Waals surface area contributed by atoms with Gasteiger partial charge in [0.25, 0.3) is 0 Å². The summed E-state index contributed by atoms with van der Waals surface area (Å²) in [6.07, 6.45) is -5.13. The summed E-state index contributed by atoms with van der Waals surface area (Å²) in [5, 5.41) is 19.7. The molecule has 1 aliphatic heterocycles. The fourth-order valence-electron chi connectivity index (χ4n) is 2.58. The molecule has 26 heavy (non-hydrogen) atoms. The van der Waals surface area contributed by atoms with Crippen molar-refractivity contribution in [2.45, 2.75) is 24.6 Å². The first-order valence-electron chi connectivity index (χ1n) is 8.06. The lowest BCUT2D eigenvalue weighted by molar-refractivity contribution is -0.133. The van der Waals surface area contributed by atoms with Crippen molar-refractivity contribution in [1.29, 1.82) is 0 Å². The third-order valence-electron chi connectivity index (χ3n) is 3.95. The molecule has 2 aromatic rings. The molecule has 0 spiro atoms. The molecule has 7 nitrogen and oxygen atoms in total. The highest BCUT2D eigenvalue weighted by Crippen LogP contribution is 2.24. The lowest BCUT2D eigenvalue weighted by Gasteiger charge is -2.20. The number of hydrogen-bond donors (Lipinski definition) is 2. The molecule has 4 atom stereocenters. The van der Waals surface area contributed by atoms with Gasteiger partial charge in [-0.05, 0) is 24.3 Å². The fourth-order valence-corrected chi connectivity index (χ4v) is 2.58. The number of carbonyl (C=O) groups is 2. The molecule has 1 fully saturated rings. The van der Waals surface area contributed by atoms with Crippen LogP contribution in [-0.2, 0) is 14.2 Å². The first-order valence-corrected chi connectivity index (χ1v) is 8.06. The predicted molar refractivity (Wildman–Crippen MR) is 89.3 cm³/mol. The summed E-state index contributed by atoms with van der Waals surface area (Å²) in [6.45, 7) is -0.283. The third kappa shape index (κ3) is 4.08. The Morgan fingerprint density at radius 1 is 0.885 bits per heavy atom. The van der Waals surface area contributed by atoms with E-state index in [-0.39, 0.29) is 6.61 Å². The van der Waals surface area contributed by atoms with Crippen LogP contribution in [0.3, 0.4) is 0 Å². The third-order valence-corrected chi connectivity index (χ3v) is 3.95. The van der Waals surface area contributed by atoms with Gasteiger partial charge in [-0.1, -0.05) is 36.4 Å². The Bertz CT molecular complexity index is 747. The molecule has 7 heteroatoms. The molecule has 0 bridgehead atoms. The largest absolute Gasteiger partial charge is 0.459 e. The molecule has 1 aliphatic rings. The van der Waals surface area contributed by atoms with E-state index >= 15 is 0 Å². The zero-order valence-electron chi connectivity index (χ0n) is 13.7. The van der Waals surface area contributed by atoms with E-state index in [0.29, 0.717) is 11.1 Å². The van der Waals surface area contributed by atoms with Gasteiger partial charge in [-0.15, -0.1) is 0 Å². The van der Waals surface area contributed by atoms with Crippen molar-refractivity contribution in [2.24, 2.45) is 0 Å². The molecule has 0 aromatic heterocycles. The average molecular weight is 358 g/mol. The van der Waals surface area contributed by atoms with E-state index in [1.165, 1.54) is 0 Å². The standard InChI is InChI=1S/C19H18O7/c20-15-16(26-18(22)13-9-5-2-6-10-13)14(25-19(15)23)11-24-17(21)12-7-3-1-4-8-12/h1-10,14-16,19-20,23H,11H2/t14-,15?,16+,19-/m0/s1. The van der Waals surface area contributed by atoms with Crippen LogP contribution in [0.25, 0.3) is 0 Å². The summed E-state index contributed by atoms with van der Waals surface area (Å²) in [7, 11) is 0. The van der Waals surface area contributed by atoms with Gasteiger partial charge in [-0.25, -0.2) is 9.59 Å². The van der Waals surface area contributed by atoms with Crippen molar-refractivity contribution < 1.29 is 34.0 Å². The van der Waals surface area contributed by atoms with Crippen LogP contribution in [0.5, 0.6) is 0 Å². The summed E-state index contributed by atoms with van der Waals surface area (Å²) < 4.78 is 15.6. The molecule has 2 aromatic carbocycles. The topological polar surface area (TPSA) is 102 Å². The first-order chi connectivity index (χ1) is 12.6. The lowest BCUT2D eigenvalue weighted by atomic mass is 10.1. The number of aliphatic hydroxyl groups is 2. The number of aliphatic hydroxyl groups excluding tert-OH is 2. The maximum Gasteiger partial charge on any atom is 0.338 e. The summed E-state index contributed by atoms with van der Waals surface area (Å²) in [5.74, 6) is -1.26. The van der Waals surface area contributed by atoms with E-state index in [1.54, 1.807) is 60.7 Å². The number of rotatable bonds is 5. The second-order valence-corrected chi connectivity index (χ2v) is 5.76. The minimum atomic E-state index is -1.54. The van der Waals surface area contributed by atoms with Gasteiger partial charge in [-0.2, -0.15) is 0 Å². The van der Waals surface area contributed by atoms with Crippen LogP contribution in [-0.4, -0.2) is 53.4 Å². The SMILES string of the molecule is O=C(OC[C@@H]1O[C@H](O)C(O)[C@@H]1OC(=O)c1ccccc1)c1ccccc1. The first kappa shape index (κ1) is 18.1. The maximum atomic E-state index is 12.2. The van der Waals surface area contributed by atoms with Crippen molar-refractivity contribution in [3.8, 4) is 0 Å². The van der Waals surface area contributed by atoms with Crippen molar-refractivity contribution in [3.05, 3.63) is 71.8 Å². The van der Waals surface area contributed by atoms with Gasteiger partial charge in [0.15, 0.2) is 12.4 Å². The van der Waals surface area contributed by atoms with Crippen LogP contribution in [0.15, 0.2) is 60.7 Å². The Morgan fingerprint density at radius 3 is 2.00 bits per heavy atom. The quantitative estimate of drug-likeness (QED) is 0.773. The molecule has 0 aliphatic carbocycles. The Morgan fingerprint density at radius 2 is 1.42 bits per heavy atom. The van der Waals surface area contributed by atoms with Gasteiger partial charge in [0.2, 0.25) is 0 Å². The Kier molecular flexibility index (Phi) is 5.62. The van der Waals surface area contributed by atoms with Crippen LogP contribution in [0.2, 0.25) is 0 Å². The molecular formula is C19H18O7. The van der Waals surface area contributed by atoms with Crippen LogP contribution in [0.1, 0.15) is 20.7 Å². The molecule has 136 valence electrons. The fraction of sp³-hybridized carbons (Fsp3) is 0.263. The van der Waals surface area contributed by atoms with Gasteiger partial charge in [0, 0.05) is 0 Å². The number of ether oxygens (including phenoxy) is 3. The van der Waals surface area contributed by atoms with Crippen molar-refractivity contribution in [1.82, 2.24) is 0 Å². The number of carbonyl (C=O) groups excluding carboxylic acids is 2. The van der Waals surface area contributed by atoms with Crippen molar-refractivity contribution in [3.63, 3.8) is 0 Å². The van der Waals surface area contributed by atoms with Gasteiger partial charge in [0.1, 0.15) is 18.8 Å². The lowest BCUT2D eigenvalue weighted by Crippen LogP contribution is -2.39. The van der Waals surface area contributed by atoms with E-state index in [0.717, 1.165) is 0 Å². The number of esters is 2. The van der Waals surface area contributed by atoms with E-state index in [9.17, 15) is 19.8 Å². The van der Waals surface area contributed by atoms with Crippen LogP contribution in [0, 0.1) is 0 Å². The van der Waals surface area contributed by atoms with E-state index < -0.39 is 36.5 Å². The van der Waals surface area contributed by atoms with Crippen LogP contribution < -0.4 is 0 Å². The molecule has 0 saturated carbocycles. The highest BCUT2D eigenvalue weighted by atomic mass is 16.7. The molecule has 1 unspecified atom stereocenters. The zero-order chi connectivity index (χ0) is 18.5. The monoisotopic (exact) mass is 358 g/mol. The Labute approximate surface area is 149 Å². The second kappa shape index (κ2) is 8.09. The van der Waals surface area contributed by atoms with E-state index in [2.05, 4.69) is 0 Å². The van der Waals surface area contributed by atoms with Crippen LogP contribution in [0.4, 0.5) is 0 Å². The smallest absolute Gasteiger partial charge is 0.338 e. The predicted octanol–water partition coefficient (Wildman–Crippen LogP) is 1.15. The minimum absolute atomic E-state index is 0.283. The Balaban J connectivity index is 1.63. The van der Waals surface area contributed by atoms with Gasteiger partial charge in [-0.3, -0.25) is 0 Å². The van der Waals surface area contributed by atoms with Gasteiger partial charge in [0.05, 0.1) is 11.1 Å². The van der Waals surface area contributed by atoms with Crippen molar-refractivity contribution in [2.75, 3.05) is 6.61 Å². The highest BCUT2D eigenvalue weighted by Gasteiger charge is 2.46.